The number of fused-ring (bicyclic) bond motifs is 1. The van der Waals surface area contributed by atoms with E-state index in [2.05, 4.69) is 71.8 Å². The zero-order chi connectivity index (χ0) is 22.1. The molecule has 4 heteroatoms. The Balaban J connectivity index is 1.42. The molecule has 5 atom stereocenters. The lowest BCUT2D eigenvalue weighted by Crippen LogP contribution is -2.75. The summed E-state index contributed by atoms with van der Waals surface area (Å²) in [5.41, 5.74) is 2.05. The Bertz CT molecular complexity index is 915. The molecule has 3 saturated heterocycles. The minimum atomic E-state index is -0.458. The lowest BCUT2D eigenvalue weighted by molar-refractivity contribution is -0.138. The number of likely N-dealkylation sites (tertiary alicyclic amines) is 1. The Hall–Kier alpha value is -2.17. The SMILES string of the molecule is CC(C)CCC1C2CNC3(C(=O)NCc4ccccc4)C(C2)CN(Cc2ccccc2)C13. The molecule has 2 N–H and O–H groups in total. The van der Waals surface area contributed by atoms with Gasteiger partial charge in [0.1, 0.15) is 5.54 Å². The van der Waals surface area contributed by atoms with Crippen molar-refractivity contribution in [3.63, 3.8) is 0 Å². The molecule has 3 aliphatic heterocycles. The van der Waals surface area contributed by atoms with Gasteiger partial charge in [0.25, 0.3) is 0 Å². The molecule has 4 aliphatic rings. The first-order chi connectivity index (χ1) is 15.6. The van der Waals surface area contributed by atoms with Crippen LogP contribution in [0.15, 0.2) is 60.7 Å². The minimum Gasteiger partial charge on any atom is -0.350 e. The molecule has 0 aromatic heterocycles. The van der Waals surface area contributed by atoms with E-state index in [1.165, 1.54) is 24.8 Å². The van der Waals surface area contributed by atoms with E-state index in [9.17, 15) is 4.79 Å². The molecular weight excluding hydrogens is 394 g/mol. The van der Waals surface area contributed by atoms with Crippen molar-refractivity contribution in [3.05, 3.63) is 71.8 Å². The monoisotopic (exact) mass is 431 g/mol. The van der Waals surface area contributed by atoms with Gasteiger partial charge >= 0.3 is 0 Å². The number of carbonyl (C=O) groups excluding carboxylic acids is 1. The van der Waals surface area contributed by atoms with Crippen molar-refractivity contribution in [1.29, 1.82) is 0 Å². The highest BCUT2D eigenvalue weighted by atomic mass is 16.2. The molecule has 1 aliphatic carbocycles. The zero-order valence-electron chi connectivity index (χ0n) is 19.5. The largest absolute Gasteiger partial charge is 0.350 e. The van der Waals surface area contributed by atoms with Crippen LogP contribution in [0.3, 0.4) is 0 Å². The second-order valence-corrected chi connectivity index (χ2v) is 10.6. The van der Waals surface area contributed by atoms with E-state index < -0.39 is 5.54 Å². The summed E-state index contributed by atoms with van der Waals surface area (Å²) in [6.07, 6.45) is 3.64. The predicted molar refractivity (Wildman–Crippen MR) is 129 cm³/mol. The highest BCUT2D eigenvalue weighted by Crippen LogP contribution is 2.54. The van der Waals surface area contributed by atoms with Crippen molar-refractivity contribution in [1.82, 2.24) is 15.5 Å². The second-order valence-electron chi connectivity index (χ2n) is 10.6. The van der Waals surface area contributed by atoms with Crippen LogP contribution >= 0.6 is 0 Å². The molecular formula is C28H37N3O. The first-order valence-electron chi connectivity index (χ1n) is 12.4. The van der Waals surface area contributed by atoms with E-state index in [0.717, 1.165) is 25.2 Å². The normalized spacial score (nSPS) is 31.2. The molecule has 32 heavy (non-hydrogen) atoms. The fourth-order valence-corrected chi connectivity index (χ4v) is 6.75. The smallest absolute Gasteiger partial charge is 0.242 e. The van der Waals surface area contributed by atoms with Crippen molar-refractivity contribution in [3.8, 4) is 0 Å². The number of rotatable bonds is 8. The molecule has 6 rings (SSSR count). The van der Waals surface area contributed by atoms with Crippen molar-refractivity contribution in [2.45, 2.75) is 57.8 Å². The number of hydrogen-bond donors (Lipinski definition) is 2. The standard InChI is InChI=1S/C28H37N3O/c1-20(2)13-14-25-23-15-24-19-31(18-22-11-7-4-8-12-22)26(25)28(24,30-17-23)27(32)29-16-21-9-5-3-6-10-21/h3-12,20,23-26,30H,13-19H2,1-2H3,(H,29,32). The quantitative estimate of drug-likeness (QED) is 0.658. The van der Waals surface area contributed by atoms with Crippen LogP contribution in [0.25, 0.3) is 0 Å². The summed E-state index contributed by atoms with van der Waals surface area (Å²) >= 11 is 0. The lowest BCUT2D eigenvalue weighted by atomic mass is 9.58. The Kier molecular flexibility index (Phi) is 6.09. The minimum absolute atomic E-state index is 0.208. The molecule has 4 nitrogen and oxygen atoms in total. The number of nitrogens with one attached hydrogen (secondary N) is 2. The van der Waals surface area contributed by atoms with Crippen molar-refractivity contribution >= 4 is 5.91 Å². The summed E-state index contributed by atoms with van der Waals surface area (Å²) in [6, 6.07) is 21.3. The summed E-state index contributed by atoms with van der Waals surface area (Å²) in [7, 11) is 0. The summed E-state index contributed by atoms with van der Waals surface area (Å²) in [6.45, 7) is 8.17. The molecule has 3 heterocycles. The lowest BCUT2D eigenvalue weighted by Gasteiger charge is -2.56. The van der Waals surface area contributed by atoms with E-state index in [1.807, 2.05) is 18.2 Å². The van der Waals surface area contributed by atoms with Crippen LogP contribution < -0.4 is 10.6 Å². The fraction of sp³-hybridized carbons (Fsp3) is 0.536. The summed E-state index contributed by atoms with van der Waals surface area (Å²) < 4.78 is 0. The summed E-state index contributed by atoms with van der Waals surface area (Å²) in [5.74, 6) is 2.57. The molecule has 1 saturated carbocycles. The van der Waals surface area contributed by atoms with Gasteiger partial charge in [-0.05, 0) is 48.3 Å². The average Bonchev–Trinajstić information content (AvgIpc) is 3.06. The molecule has 4 bridgehead atoms. The maximum absolute atomic E-state index is 13.9. The van der Waals surface area contributed by atoms with Crippen LogP contribution in [0.1, 0.15) is 44.2 Å². The van der Waals surface area contributed by atoms with E-state index in [4.69, 9.17) is 0 Å². The number of nitrogens with zero attached hydrogens (tertiary/aromatic N) is 1. The van der Waals surface area contributed by atoms with Gasteiger partial charge in [-0.25, -0.2) is 0 Å². The Morgan fingerprint density at radius 1 is 1.09 bits per heavy atom. The number of hydrogen-bond acceptors (Lipinski definition) is 3. The number of amides is 1. The van der Waals surface area contributed by atoms with Crippen LogP contribution in [0.2, 0.25) is 0 Å². The fourth-order valence-electron chi connectivity index (χ4n) is 6.75. The molecule has 0 radical (unpaired) electrons. The Morgan fingerprint density at radius 2 is 1.78 bits per heavy atom. The summed E-state index contributed by atoms with van der Waals surface area (Å²) in [5, 5.41) is 7.14. The van der Waals surface area contributed by atoms with E-state index >= 15 is 0 Å². The van der Waals surface area contributed by atoms with Gasteiger partial charge in [0, 0.05) is 31.6 Å². The zero-order valence-corrected chi connectivity index (χ0v) is 19.5. The predicted octanol–water partition coefficient (Wildman–Crippen LogP) is 4.22. The molecule has 170 valence electrons. The number of benzene rings is 2. The van der Waals surface area contributed by atoms with Gasteiger partial charge in [-0.3, -0.25) is 9.69 Å². The molecule has 1 amide bonds. The third kappa shape index (κ3) is 3.88. The molecule has 0 spiro atoms. The van der Waals surface area contributed by atoms with Crippen molar-refractivity contribution < 1.29 is 4.79 Å². The highest BCUT2D eigenvalue weighted by Gasteiger charge is 2.67. The van der Waals surface area contributed by atoms with E-state index in [-0.39, 0.29) is 11.9 Å². The highest BCUT2D eigenvalue weighted by molar-refractivity contribution is 5.89. The first kappa shape index (κ1) is 21.7. The van der Waals surface area contributed by atoms with Crippen LogP contribution in [-0.2, 0) is 17.9 Å². The van der Waals surface area contributed by atoms with Crippen LogP contribution in [0.4, 0.5) is 0 Å². The van der Waals surface area contributed by atoms with Gasteiger partial charge in [-0.15, -0.1) is 0 Å². The van der Waals surface area contributed by atoms with E-state index in [1.54, 1.807) is 0 Å². The van der Waals surface area contributed by atoms with Crippen molar-refractivity contribution in [2.24, 2.45) is 23.7 Å². The van der Waals surface area contributed by atoms with Gasteiger partial charge in [-0.2, -0.15) is 0 Å². The maximum Gasteiger partial charge on any atom is 0.242 e. The first-order valence-corrected chi connectivity index (χ1v) is 12.4. The van der Waals surface area contributed by atoms with Gasteiger partial charge in [0.2, 0.25) is 5.91 Å². The van der Waals surface area contributed by atoms with Gasteiger partial charge < -0.3 is 10.6 Å². The Morgan fingerprint density at radius 3 is 2.47 bits per heavy atom. The third-order valence-electron chi connectivity index (χ3n) is 8.19. The number of piperidine rings is 2. The Labute approximate surface area is 192 Å². The van der Waals surface area contributed by atoms with E-state index in [0.29, 0.717) is 30.2 Å². The average molecular weight is 432 g/mol. The van der Waals surface area contributed by atoms with Gasteiger partial charge in [-0.1, -0.05) is 80.9 Å². The van der Waals surface area contributed by atoms with Crippen LogP contribution in [0, 0.1) is 23.7 Å². The van der Waals surface area contributed by atoms with Crippen LogP contribution in [-0.4, -0.2) is 35.5 Å². The molecule has 5 unspecified atom stereocenters. The third-order valence-corrected chi connectivity index (χ3v) is 8.19. The molecule has 2 aromatic carbocycles. The second kappa shape index (κ2) is 8.99. The number of carbonyl (C=O) groups is 1. The van der Waals surface area contributed by atoms with Gasteiger partial charge in [0.15, 0.2) is 0 Å². The van der Waals surface area contributed by atoms with Crippen molar-refractivity contribution in [2.75, 3.05) is 13.1 Å². The molecule has 2 aromatic rings. The maximum atomic E-state index is 13.9. The topological polar surface area (TPSA) is 44.4 Å². The molecule has 4 fully saturated rings. The van der Waals surface area contributed by atoms with Crippen LogP contribution in [0.5, 0.6) is 0 Å². The summed E-state index contributed by atoms with van der Waals surface area (Å²) in [4.78, 5) is 16.5. The van der Waals surface area contributed by atoms with Gasteiger partial charge in [0.05, 0.1) is 0 Å².